The van der Waals surface area contributed by atoms with E-state index in [1.54, 1.807) is 0 Å². The summed E-state index contributed by atoms with van der Waals surface area (Å²) >= 11 is 0. The molecule has 8 heteroatoms. The first-order valence-corrected chi connectivity index (χ1v) is 4.17. The average Bonchev–Trinajstić information content (AvgIpc) is 2.07. The summed E-state index contributed by atoms with van der Waals surface area (Å²) in [6.07, 6.45) is -6.78. The third-order valence-electron chi connectivity index (χ3n) is 1.92. The van der Waals surface area contributed by atoms with Crippen molar-refractivity contribution < 1.29 is 26.3 Å². The fourth-order valence-corrected chi connectivity index (χ4v) is 1.23. The summed E-state index contributed by atoms with van der Waals surface area (Å²) in [5.74, 6) is 3.13. The molecule has 0 radical (unpaired) electrons. The predicted molar refractivity (Wildman–Crippen MR) is 44.8 cm³/mol. The summed E-state index contributed by atoms with van der Waals surface area (Å²) in [6.45, 7) is 0. The van der Waals surface area contributed by atoms with Crippen molar-refractivity contribution in [1.82, 2.24) is 5.43 Å². The van der Waals surface area contributed by atoms with Crippen LogP contribution < -0.4 is 11.3 Å². The molecule has 0 aliphatic rings. The van der Waals surface area contributed by atoms with E-state index in [0.29, 0.717) is 0 Å². The Morgan fingerprint density at radius 3 is 1.81 bits per heavy atom. The van der Waals surface area contributed by atoms with Crippen LogP contribution in [-0.4, -0.2) is 18.4 Å². The average molecular weight is 248 g/mol. The van der Waals surface area contributed by atoms with Gasteiger partial charge >= 0.3 is 12.4 Å². The Morgan fingerprint density at radius 1 is 1.12 bits per heavy atom. The fourth-order valence-electron chi connectivity index (χ4n) is 1.23. The van der Waals surface area contributed by atoms with Gasteiger partial charge in [-0.05, 0) is 6.42 Å². The van der Waals surface area contributed by atoms with Gasteiger partial charge in [-0.15, -0.1) is 12.3 Å². The first-order chi connectivity index (χ1) is 7.14. The number of halogens is 6. The van der Waals surface area contributed by atoms with E-state index in [4.69, 9.17) is 6.42 Å². The van der Waals surface area contributed by atoms with Crippen LogP contribution in [0.15, 0.2) is 0 Å². The standard InChI is InChI=1S/C8H10F6N2/c1-2-3-4-5(16-15)6(7(9,10)11)8(12,13)14/h1,5-6,16H,3-4,15H2. The Bertz CT molecular complexity index is 237. The summed E-state index contributed by atoms with van der Waals surface area (Å²) < 4.78 is 73.3. The van der Waals surface area contributed by atoms with E-state index in [0.717, 1.165) is 0 Å². The van der Waals surface area contributed by atoms with Crippen molar-refractivity contribution in [2.24, 2.45) is 11.8 Å². The molecule has 0 fully saturated rings. The van der Waals surface area contributed by atoms with Crippen LogP contribution in [0.25, 0.3) is 0 Å². The Kier molecular flexibility index (Phi) is 5.09. The van der Waals surface area contributed by atoms with Crippen molar-refractivity contribution in [3.05, 3.63) is 0 Å². The molecule has 16 heavy (non-hydrogen) atoms. The minimum absolute atomic E-state index is 0.225. The molecule has 3 N–H and O–H groups in total. The van der Waals surface area contributed by atoms with Crippen LogP contribution in [0.4, 0.5) is 26.3 Å². The monoisotopic (exact) mass is 248 g/mol. The number of hydrogen-bond donors (Lipinski definition) is 2. The molecule has 0 rings (SSSR count). The summed E-state index contributed by atoms with van der Waals surface area (Å²) in [5, 5.41) is 0. The van der Waals surface area contributed by atoms with E-state index in [2.05, 4.69) is 5.84 Å². The summed E-state index contributed by atoms with van der Waals surface area (Å²) in [6, 6.07) is -1.98. The Balaban J connectivity index is 4.94. The van der Waals surface area contributed by atoms with Crippen molar-refractivity contribution in [2.75, 3.05) is 0 Å². The molecule has 0 aromatic rings. The number of nitrogens with one attached hydrogen (secondary N) is 1. The van der Waals surface area contributed by atoms with Crippen LogP contribution in [0, 0.1) is 18.3 Å². The molecular weight excluding hydrogens is 238 g/mol. The molecule has 1 atom stereocenters. The normalized spacial score (nSPS) is 14.9. The van der Waals surface area contributed by atoms with Gasteiger partial charge in [0.15, 0.2) is 5.92 Å². The Hall–Kier alpha value is -0.940. The summed E-state index contributed by atoms with van der Waals surface area (Å²) in [7, 11) is 0. The van der Waals surface area contributed by atoms with Crippen molar-refractivity contribution in [3.8, 4) is 12.3 Å². The Labute approximate surface area is 88.1 Å². The lowest BCUT2D eigenvalue weighted by atomic mass is 9.95. The zero-order valence-corrected chi connectivity index (χ0v) is 7.99. The zero-order valence-electron chi connectivity index (χ0n) is 7.99. The van der Waals surface area contributed by atoms with Gasteiger partial charge in [-0.25, -0.2) is 0 Å². The fraction of sp³-hybridized carbons (Fsp3) is 0.750. The molecule has 0 saturated heterocycles. The minimum atomic E-state index is -5.41. The largest absolute Gasteiger partial charge is 0.402 e. The van der Waals surface area contributed by atoms with Crippen LogP contribution in [-0.2, 0) is 0 Å². The third kappa shape index (κ3) is 4.28. The summed E-state index contributed by atoms with van der Waals surface area (Å²) in [4.78, 5) is 0. The van der Waals surface area contributed by atoms with Crippen LogP contribution in [0.3, 0.4) is 0 Å². The zero-order chi connectivity index (χ0) is 13.0. The second-order valence-corrected chi connectivity index (χ2v) is 3.08. The molecule has 0 aliphatic heterocycles. The van der Waals surface area contributed by atoms with Crippen molar-refractivity contribution >= 4 is 0 Å². The highest BCUT2D eigenvalue weighted by Crippen LogP contribution is 2.42. The molecule has 2 nitrogen and oxygen atoms in total. The third-order valence-corrected chi connectivity index (χ3v) is 1.92. The maximum atomic E-state index is 12.2. The highest BCUT2D eigenvalue weighted by molar-refractivity contribution is 4.91. The molecular formula is C8H10F6N2. The molecule has 0 aromatic heterocycles. The molecule has 0 aliphatic carbocycles. The van der Waals surface area contributed by atoms with E-state index in [-0.39, 0.29) is 6.42 Å². The molecule has 0 heterocycles. The SMILES string of the molecule is C#CCCC(NN)C(C(F)(F)F)C(F)(F)F. The maximum absolute atomic E-state index is 12.2. The predicted octanol–water partition coefficient (Wildman–Crippen LogP) is 1.97. The first kappa shape index (κ1) is 15.1. The van der Waals surface area contributed by atoms with Crippen molar-refractivity contribution in [1.29, 1.82) is 0 Å². The number of hydrogen-bond acceptors (Lipinski definition) is 2. The number of rotatable bonds is 4. The molecule has 0 amide bonds. The molecule has 0 spiro atoms. The van der Waals surface area contributed by atoms with Crippen LogP contribution in [0.2, 0.25) is 0 Å². The lowest BCUT2D eigenvalue weighted by Gasteiger charge is -2.29. The molecule has 0 saturated carbocycles. The second kappa shape index (κ2) is 5.41. The Morgan fingerprint density at radius 2 is 1.56 bits per heavy atom. The lowest BCUT2D eigenvalue weighted by Crippen LogP contribution is -2.53. The van der Waals surface area contributed by atoms with Gasteiger partial charge in [0.1, 0.15) is 0 Å². The van der Waals surface area contributed by atoms with Gasteiger partial charge in [-0.1, -0.05) is 0 Å². The number of nitrogens with two attached hydrogens (primary N) is 1. The van der Waals surface area contributed by atoms with Crippen molar-refractivity contribution in [2.45, 2.75) is 31.2 Å². The van der Waals surface area contributed by atoms with E-state index in [1.165, 1.54) is 5.43 Å². The van der Waals surface area contributed by atoms with Gasteiger partial charge in [-0.2, -0.15) is 26.3 Å². The minimum Gasteiger partial charge on any atom is -0.271 e. The first-order valence-electron chi connectivity index (χ1n) is 4.17. The van der Waals surface area contributed by atoms with Crippen LogP contribution in [0.1, 0.15) is 12.8 Å². The van der Waals surface area contributed by atoms with Gasteiger partial charge in [0.2, 0.25) is 0 Å². The molecule has 0 bridgehead atoms. The van der Waals surface area contributed by atoms with Crippen LogP contribution >= 0.6 is 0 Å². The van der Waals surface area contributed by atoms with Crippen LogP contribution in [0.5, 0.6) is 0 Å². The molecule has 94 valence electrons. The van der Waals surface area contributed by atoms with Gasteiger partial charge in [0.25, 0.3) is 0 Å². The number of hydrazine groups is 1. The smallest absolute Gasteiger partial charge is 0.271 e. The second-order valence-electron chi connectivity index (χ2n) is 3.08. The quantitative estimate of drug-likeness (QED) is 0.345. The highest BCUT2D eigenvalue weighted by Gasteiger charge is 2.59. The van der Waals surface area contributed by atoms with E-state index in [1.807, 2.05) is 5.92 Å². The highest BCUT2D eigenvalue weighted by atomic mass is 19.4. The van der Waals surface area contributed by atoms with E-state index in [9.17, 15) is 26.3 Å². The van der Waals surface area contributed by atoms with Crippen molar-refractivity contribution in [3.63, 3.8) is 0 Å². The van der Waals surface area contributed by atoms with Gasteiger partial charge in [0, 0.05) is 12.5 Å². The maximum Gasteiger partial charge on any atom is 0.402 e. The molecule has 1 unspecified atom stereocenters. The van der Waals surface area contributed by atoms with Gasteiger partial charge in [-0.3, -0.25) is 11.3 Å². The topological polar surface area (TPSA) is 38.0 Å². The van der Waals surface area contributed by atoms with Gasteiger partial charge < -0.3 is 0 Å². The summed E-state index contributed by atoms with van der Waals surface area (Å²) in [5.41, 5.74) is 1.51. The number of terminal acetylenes is 1. The molecule has 0 aromatic carbocycles. The van der Waals surface area contributed by atoms with E-state index < -0.39 is 30.7 Å². The number of alkyl halides is 6. The lowest BCUT2D eigenvalue weighted by molar-refractivity contribution is -0.292. The van der Waals surface area contributed by atoms with E-state index >= 15 is 0 Å². The van der Waals surface area contributed by atoms with Gasteiger partial charge in [0.05, 0.1) is 0 Å².